The SMILES string of the molecule is Cc1ccc(NC(=O)N/C=C/c2ccccc2Cl)nc1. The topological polar surface area (TPSA) is 54.0 Å². The van der Waals surface area contributed by atoms with E-state index in [2.05, 4.69) is 15.6 Å². The summed E-state index contributed by atoms with van der Waals surface area (Å²) in [6.45, 7) is 1.93. The van der Waals surface area contributed by atoms with Gasteiger partial charge in [-0.25, -0.2) is 9.78 Å². The monoisotopic (exact) mass is 287 g/mol. The highest BCUT2D eigenvalue weighted by molar-refractivity contribution is 6.32. The smallest absolute Gasteiger partial charge is 0.314 e. The van der Waals surface area contributed by atoms with Crippen LogP contribution >= 0.6 is 11.6 Å². The Hall–Kier alpha value is -2.33. The molecule has 0 fully saturated rings. The molecule has 0 radical (unpaired) electrons. The van der Waals surface area contributed by atoms with E-state index in [0.29, 0.717) is 10.8 Å². The first-order valence-electron chi connectivity index (χ1n) is 6.06. The molecule has 2 rings (SSSR count). The molecule has 2 aromatic rings. The van der Waals surface area contributed by atoms with Crippen LogP contribution in [0.25, 0.3) is 6.08 Å². The summed E-state index contributed by atoms with van der Waals surface area (Å²) < 4.78 is 0. The van der Waals surface area contributed by atoms with Gasteiger partial charge in [-0.15, -0.1) is 0 Å². The van der Waals surface area contributed by atoms with Crippen molar-refractivity contribution in [2.75, 3.05) is 5.32 Å². The molecule has 2 N–H and O–H groups in total. The largest absolute Gasteiger partial charge is 0.324 e. The molecule has 1 aromatic heterocycles. The Labute approximate surface area is 122 Å². The number of halogens is 1. The summed E-state index contributed by atoms with van der Waals surface area (Å²) in [6.07, 6.45) is 4.95. The molecule has 0 bridgehead atoms. The molecule has 1 aromatic carbocycles. The predicted octanol–water partition coefficient (Wildman–Crippen LogP) is 3.84. The normalized spacial score (nSPS) is 10.5. The number of anilines is 1. The summed E-state index contributed by atoms with van der Waals surface area (Å²) in [5.41, 5.74) is 1.87. The molecule has 4 nitrogen and oxygen atoms in total. The summed E-state index contributed by atoms with van der Waals surface area (Å²) >= 11 is 5.99. The van der Waals surface area contributed by atoms with Gasteiger partial charge in [0.2, 0.25) is 0 Å². The number of urea groups is 1. The second kappa shape index (κ2) is 6.73. The summed E-state index contributed by atoms with van der Waals surface area (Å²) in [4.78, 5) is 15.7. The maximum absolute atomic E-state index is 11.6. The minimum atomic E-state index is -0.357. The van der Waals surface area contributed by atoms with Gasteiger partial charge in [0.15, 0.2) is 0 Å². The highest BCUT2D eigenvalue weighted by atomic mass is 35.5. The van der Waals surface area contributed by atoms with E-state index in [1.54, 1.807) is 24.4 Å². The number of nitrogens with zero attached hydrogens (tertiary/aromatic N) is 1. The third-order valence-corrected chi connectivity index (χ3v) is 2.88. The first-order chi connectivity index (χ1) is 9.65. The van der Waals surface area contributed by atoms with Crippen LogP contribution < -0.4 is 10.6 Å². The molecule has 102 valence electrons. The fraction of sp³-hybridized carbons (Fsp3) is 0.0667. The van der Waals surface area contributed by atoms with Gasteiger partial charge in [-0.2, -0.15) is 0 Å². The molecule has 0 unspecified atom stereocenters. The minimum absolute atomic E-state index is 0.357. The third kappa shape index (κ3) is 4.10. The number of benzene rings is 1. The Balaban J connectivity index is 1.89. The molecule has 0 atom stereocenters. The lowest BCUT2D eigenvalue weighted by Crippen LogP contribution is -2.24. The zero-order valence-electron chi connectivity index (χ0n) is 10.9. The van der Waals surface area contributed by atoms with Crippen LogP contribution in [0.2, 0.25) is 5.02 Å². The van der Waals surface area contributed by atoms with Gasteiger partial charge in [0.05, 0.1) is 0 Å². The molecule has 20 heavy (non-hydrogen) atoms. The van der Waals surface area contributed by atoms with Crippen LogP contribution in [-0.4, -0.2) is 11.0 Å². The molecule has 0 spiro atoms. The van der Waals surface area contributed by atoms with Crippen LogP contribution in [0.15, 0.2) is 48.8 Å². The van der Waals surface area contributed by atoms with Crippen molar-refractivity contribution in [3.05, 3.63) is 64.9 Å². The Morgan fingerprint density at radius 1 is 1.25 bits per heavy atom. The van der Waals surface area contributed by atoms with E-state index in [1.165, 1.54) is 6.20 Å². The highest BCUT2D eigenvalue weighted by Gasteiger charge is 2.00. The van der Waals surface area contributed by atoms with E-state index in [4.69, 9.17) is 11.6 Å². The van der Waals surface area contributed by atoms with Crippen molar-refractivity contribution in [3.63, 3.8) is 0 Å². The molecular weight excluding hydrogens is 274 g/mol. The van der Waals surface area contributed by atoms with Gasteiger partial charge in [-0.05, 0) is 36.3 Å². The summed E-state index contributed by atoms with van der Waals surface area (Å²) in [5, 5.41) is 5.85. The van der Waals surface area contributed by atoms with Gasteiger partial charge < -0.3 is 5.32 Å². The van der Waals surface area contributed by atoms with Gasteiger partial charge in [-0.3, -0.25) is 5.32 Å². The Kier molecular flexibility index (Phi) is 4.74. The van der Waals surface area contributed by atoms with Gasteiger partial charge in [0.1, 0.15) is 5.82 Å². The second-order valence-corrected chi connectivity index (χ2v) is 4.58. The number of nitrogens with one attached hydrogen (secondary N) is 2. The van der Waals surface area contributed by atoms with Gasteiger partial charge >= 0.3 is 6.03 Å². The number of carbonyl (C=O) groups is 1. The maximum Gasteiger partial charge on any atom is 0.324 e. The number of carbonyl (C=O) groups excluding carboxylic acids is 1. The summed E-state index contributed by atoms with van der Waals surface area (Å²) in [5.74, 6) is 0.499. The molecule has 0 aliphatic heterocycles. The fourth-order valence-electron chi connectivity index (χ4n) is 1.51. The second-order valence-electron chi connectivity index (χ2n) is 4.17. The van der Waals surface area contributed by atoms with E-state index in [-0.39, 0.29) is 6.03 Å². The number of aryl methyl sites for hydroxylation is 1. The van der Waals surface area contributed by atoms with Crippen molar-refractivity contribution in [2.24, 2.45) is 0 Å². The summed E-state index contributed by atoms with van der Waals surface area (Å²) in [7, 11) is 0. The van der Waals surface area contributed by atoms with E-state index < -0.39 is 0 Å². The molecule has 5 heteroatoms. The molecule has 0 aliphatic carbocycles. The van der Waals surface area contributed by atoms with Crippen molar-refractivity contribution in [2.45, 2.75) is 6.92 Å². The van der Waals surface area contributed by atoms with Crippen molar-refractivity contribution in [1.29, 1.82) is 0 Å². The number of rotatable bonds is 3. The Morgan fingerprint density at radius 3 is 2.75 bits per heavy atom. The van der Waals surface area contributed by atoms with E-state index in [1.807, 2.05) is 31.2 Å². The van der Waals surface area contributed by atoms with Crippen molar-refractivity contribution in [3.8, 4) is 0 Å². The quantitative estimate of drug-likeness (QED) is 0.901. The average molecular weight is 288 g/mol. The zero-order valence-corrected chi connectivity index (χ0v) is 11.7. The maximum atomic E-state index is 11.6. The van der Waals surface area contributed by atoms with Crippen LogP contribution in [0, 0.1) is 6.92 Å². The standard InChI is InChI=1S/C15H14ClN3O/c1-11-6-7-14(18-10-11)19-15(20)17-9-8-12-4-2-3-5-13(12)16/h2-10H,1H3,(H2,17,18,19,20)/b9-8+. The molecule has 2 amide bonds. The molecule has 0 aliphatic rings. The van der Waals surface area contributed by atoms with Crippen LogP contribution in [0.1, 0.15) is 11.1 Å². The van der Waals surface area contributed by atoms with E-state index in [0.717, 1.165) is 11.1 Å². The van der Waals surface area contributed by atoms with Crippen LogP contribution in [-0.2, 0) is 0 Å². The average Bonchev–Trinajstić information content (AvgIpc) is 2.43. The van der Waals surface area contributed by atoms with E-state index in [9.17, 15) is 4.79 Å². The Bertz CT molecular complexity index is 623. The third-order valence-electron chi connectivity index (χ3n) is 2.54. The minimum Gasteiger partial charge on any atom is -0.314 e. The number of pyridine rings is 1. The highest BCUT2D eigenvalue weighted by Crippen LogP contribution is 2.15. The first-order valence-corrected chi connectivity index (χ1v) is 6.44. The predicted molar refractivity (Wildman–Crippen MR) is 81.6 cm³/mol. The molecule has 1 heterocycles. The lowest BCUT2D eigenvalue weighted by atomic mass is 10.2. The van der Waals surface area contributed by atoms with Crippen molar-refractivity contribution < 1.29 is 4.79 Å². The van der Waals surface area contributed by atoms with Crippen LogP contribution in [0.5, 0.6) is 0 Å². The zero-order chi connectivity index (χ0) is 14.4. The first kappa shape index (κ1) is 14.1. The molecule has 0 saturated carbocycles. The van der Waals surface area contributed by atoms with Crippen LogP contribution in [0.3, 0.4) is 0 Å². The molecule has 0 saturated heterocycles. The number of hydrogen-bond acceptors (Lipinski definition) is 2. The molecular formula is C15H14ClN3O. The van der Waals surface area contributed by atoms with Gasteiger partial charge in [0.25, 0.3) is 0 Å². The number of amides is 2. The van der Waals surface area contributed by atoms with Gasteiger partial charge in [0, 0.05) is 17.4 Å². The van der Waals surface area contributed by atoms with E-state index >= 15 is 0 Å². The number of hydrogen-bond donors (Lipinski definition) is 2. The summed E-state index contributed by atoms with van der Waals surface area (Å²) in [6, 6.07) is 10.6. The Morgan fingerprint density at radius 2 is 2.05 bits per heavy atom. The van der Waals surface area contributed by atoms with Crippen LogP contribution in [0.4, 0.5) is 10.6 Å². The van der Waals surface area contributed by atoms with Crippen molar-refractivity contribution in [1.82, 2.24) is 10.3 Å². The number of aromatic nitrogens is 1. The fourth-order valence-corrected chi connectivity index (χ4v) is 1.71. The lowest BCUT2D eigenvalue weighted by molar-refractivity contribution is 0.255. The lowest BCUT2D eigenvalue weighted by Gasteiger charge is -2.03. The van der Waals surface area contributed by atoms with Crippen molar-refractivity contribution >= 4 is 29.5 Å². The van der Waals surface area contributed by atoms with Gasteiger partial charge in [-0.1, -0.05) is 35.9 Å².